The quantitative estimate of drug-likeness (QED) is 0.115. The molecule has 0 aliphatic heterocycles. The number of carbonyl (C=O) groups is 1. The second-order valence-electron chi connectivity index (χ2n) is 8.85. The second kappa shape index (κ2) is 11.0. The summed E-state index contributed by atoms with van der Waals surface area (Å²) in [4.78, 5) is 31.0. The van der Waals surface area contributed by atoms with Crippen molar-refractivity contribution in [3.63, 3.8) is 0 Å². The van der Waals surface area contributed by atoms with E-state index in [0.717, 1.165) is 0 Å². The highest BCUT2D eigenvalue weighted by Crippen LogP contribution is 2.62. The number of non-ortho nitro benzene ring substituents is 1. The third-order valence-electron chi connectivity index (χ3n) is 6.34. The molecular weight excluding hydrogens is 608 g/mol. The van der Waals surface area contributed by atoms with Gasteiger partial charge in [-0.15, -0.1) is 0 Å². The van der Waals surface area contributed by atoms with Crippen LogP contribution < -0.4 is 0 Å². The fourth-order valence-corrected chi connectivity index (χ4v) is 4.27. The zero-order chi connectivity index (χ0) is 31.9. The minimum Gasteiger partial charge on any atom is -0.450 e. The maximum absolute atomic E-state index is 15.2. The van der Waals surface area contributed by atoms with Crippen LogP contribution in [0.2, 0.25) is 0 Å². The fraction of sp³-hybridized carbons (Fsp3) is 0.650. The molecule has 0 aromatic heterocycles. The van der Waals surface area contributed by atoms with Gasteiger partial charge in [0.2, 0.25) is 6.10 Å². The number of carboxylic acid groups (broad SMARTS) is 1. The van der Waals surface area contributed by atoms with Crippen molar-refractivity contribution in [3.05, 3.63) is 43.5 Å². The molecule has 1 N–H and O–H groups in total. The van der Waals surface area contributed by atoms with Gasteiger partial charge in [0, 0.05) is 6.07 Å². The van der Waals surface area contributed by atoms with Gasteiger partial charge in [0.1, 0.15) is 0 Å². The van der Waals surface area contributed by atoms with Crippen molar-refractivity contribution < 1.29 is 77.2 Å². The highest BCUT2D eigenvalue weighted by Gasteiger charge is 2.89. The summed E-state index contributed by atoms with van der Waals surface area (Å²) in [5.74, 6) is -39.7. The Kier molecular flexibility index (Phi) is 9.05. The third-order valence-corrected chi connectivity index (χ3v) is 6.34. The average Bonchev–Trinajstić information content (AvgIpc) is 2.86. The van der Waals surface area contributed by atoms with Gasteiger partial charge < -0.3 is 9.84 Å². The minimum atomic E-state index is -8.09. The molecule has 1 aromatic rings. The summed E-state index contributed by atoms with van der Waals surface area (Å²) >= 11 is 0. The largest absolute Gasteiger partial charge is 0.506 e. The van der Waals surface area contributed by atoms with E-state index in [1.54, 1.807) is 0 Å². The van der Waals surface area contributed by atoms with E-state index < -0.39 is 86.6 Å². The number of nitro benzene ring substituents is 2. The van der Waals surface area contributed by atoms with Crippen LogP contribution in [0.4, 0.5) is 68.9 Å². The summed E-state index contributed by atoms with van der Waals surface area (Å²) in [7, 11) is 0. The Morgan fingerprint density at radius 1 is 0.829 bits per heavy atom. The van der Waals surface area contributed by atoms with Crippen molar-refractivity contribution in [1.29, 1.82) is 0 Å². The van der Waals surface area contributed by atoms with E-state index in [0.29, 0.717) is 6.42 Å². The number of ether oxygens (including phenoxy) is 1. The molecule has 9 nitrogen and oxygen atoms in total. The van der Waals surface area contributed by atoms with Crippen molar-refractivity contribution in [2.45, 2.75) is 80.2 Å². The Hall–Kier alpha value is -3.55. The number of hydrogen-bond acceptors (Lipinski definition) is 6. The Morgan fingerprint density at radius 2 is 1.32 bits per heavy atom. The average molecular weight is 624 g/mol. The van der Waals surface area contributed by atoms with E-state index in [9.17, 15) is 68.9 Å². The molecule has 0 saturated heterocycles. The summed E-state index contributed by atoms with van der Waals surface area (Å²) in [6, 6.07) is 0.105. The molecule has 1 aliphatic carbocycles. The molecule has 2 rings (SSSR count). The van der Waals surface area contributed by atoms with Gasteiger partial charge in [-0.2, -0.15) is 43.9 Å². The first-order valence-corrected chi connectivity index (χ1v) is 11.0. The molecule has 232 valence electrons. The number of rotatable bonds is 11. The molecule has 41 heavy (non-hydrogen) atoms. The topological polar surface area (TPSA) is 133 Å². The molecule has 1 saturated carbocycles. The van der Waals surface area contributed by atoms with Crippen LogP contribution in [0.3, 0.4) is 0 Å². The fourth-order valence-electron chi connectivity index (χ4n) is 4.27. The zero-order valence-electron chi connectivity index (χ0n) is 19.7. The molecule has 1 atom stereocenters. The van der Waals surface area contributed by atoms with Gasteiger partial charge in [0.05, 0.1) is 21.5 Å². The number of nitro groups is 2. The van der Waals surface area contributed by atoms with E-state index >= 15 is 8.78 Å². The van der Waals surface area contributed by atoms with Gasteiger partial charge in [-0.25, -0.2) is 13.6 Å². The molecule has 21 heteroatoms. The van der Waals surface area contributed by atoms with Crippen LogP contribution in [0, 0.1) is 20.2 Å². The van der Waals surface area contributed by atoms with Crippen molar-refractivity contribution in [2.75, 3.05) is 0 Å². The van der Waals surface area contributed by atoms with Crippen LogP contribution in [-0.4, -0.2) is 57.1 Å². The lowest BCUT2D eigenvalue weighted by Gasteiger charge is -2.41. The highest BCUT2D eigenvalue weighted by molar-refractivity contribution is 5.61. The molecule has 1 fully saturated rings. The zero-order valence-corrected chi connectivity index (χ0v) is 19.7. The standard InChI is InChI=1S/C20H16F12N2O7/c21-14(22)17(25,26)19(29,30)20(31,32)18(27,28)16(23,24)13(41-15(35)36)12-10(8-4-2-1-3-5-8)6-9(33(37)38)7-11(12)34(39)40/h6-8,13-14H,1-5H2,(H,35,36). The van der Waals surface area contributed by atoms with E-state index in [1.165, 1.54) is 0 Å². The monoisotopic (exact) mass is 624 g/mol. The summed E-state index contributed by atoms with van der Waals surface area (Å²) in [6.07, 6.45) is -13.0. The molecule has 0 heterocycles. The molecule has 0 amide bonds. The molecule has 0 spiro atoms. The molecule has 0 radical (unpaired) electrons. The highest BCUT2D eigenvalue weighted by atomic mass is 19.4. The lowest BCUT2D eigenvalue weighted by atomic mass is 9.78. The van der Waals surface area contributed by atoms with Crippen molar-refractivity contribution in [2.24, 2.45) is 0 Å². The number of nitrogens with zero attached hydrogens (tertiary/aromatic N) is 2. The first-order valence-electron chi connectivity index (χ1n) is 11.0. The van der Waals surface area contributed by atoms with Gasteiger partial charge in [-0.3, -0.25) is 20.2 Å². The van der Waals surface area contributed by atoms with Crippen LogP contribution in [0.25, 0.3) is 0 Å². The van der Waals surface area contributed by atoms with Gasteiger partial charge in [0.15, 0.2) is 0 Å². The number of benzene rings is 1. The summed E-state index contributed by atoms with van der Waals surface area (Å²) in [5.41, 5.74) is -6.28. The Bertz CT molecular complexity index is 1190. The SMILES string of the molecule is O=C(O)OC(c1c(C2CCCCC2)cc([N+](=O)[O-])cc1[N+](=O)[O-])C(F)(F)C(F)(F)C(F)(F)C(F)(F)C(F)(F)C(F)F. The van der Waals surface area contributed by atoms with Crippen LogP contribution in [0.5, 0.6) is 0 Å². The van der Waals surface area contributed by atoms with Crippen molar-refractivity contribution >= 4 is 17.5 Å². The van der Waals surface area contributed by atoms with Gasteiger partial charge in [-0.1, -0.05) is 19.3 Å². The molecule has 0 bridgehead atoms. The van der Waals surface area contributed by atoms with E-state index in [2.05, 4.69) is 4.74 Å². The Morgan fingerprint density at radius 3 is 1.73 bits per heavy atom. The normalized spacial score (nSPS) is 16.9. The molecule has 1 unspecified atom stereocenters. The van der Waals surface area contributed by atoms with E-state index in [4.69, 9.17) is 5.11 Å². The summed E-state index contributed by atoms with van der Waals surface area (Å²) < 4.78 is 171. The van der Waals surface area contributed by atoms with Gasteiger partial charge >= 0.3 is 42.2 Å². The predicted octanol–water partition coefficient (Wildman–Crippen LogP) is 7.73. The van der Waals surface area contributed by atoms with Crippen LogP contribution >= 0.6 is 0 Å². The second-order valence-corrected chi connectivity index (χ2v) is 8.85. The Balaban J connectivity index is 2.98. The summed E-state index contributed by atoms with van der Waals surface area (Å²) in [5, 5.41) is 31.8. The number of halogens is 12. The van der Waals surface area contributed by atoms with Crippen molar-refractivity contribution in [1.82, 2.24) is 0 Å². The van der Waals surface area contributed by atoms with Crippen LogP contribution in [0.15, 0.2) is 12.1 Å². The lowest BCUT2D eigenvalue weighted by Crippen LogP contribution is -2.69. The maximum atomic E-state index is 15.2. The Labute approximate surface area is 219 Å². The van der Waals surface area contributed by atoms with Crippen LogP contribution in [-0.2, 0) is 4.74 Å². The summed E-state index contributed by atoms with van der Waals surface area (Å²) in [6.45, 7) is 0. The van der Waals surface area contributed by atoms with Crippen LogP contribution in [0.1, 0.15) is 55.3 Å². The van der Waals surface area contributed by atoms with Crippen molar-refractivity contribution in [3.8, 4) is 0 Å². The molecular formula is C20H16F12N2O7. The minimum absolute atomic E-state index is 0.165. The first kappa shape index (κ1) is 33.7. The maximum Gasteiger partial charge on any atom is 0.506 e. The first-order chi connectivity index (χ1) is 18.5. The lowest BCUT2D eigenvalue weighted by molar-refractivity contribution is -0.421. The number of hydrogen-bond donors (Lipinski definition) is 1. The van der Waals surface area contributed by atoms with Gasteiger partial charge in [-0.05, 0) is 24.3 Å². The van der Waals surface area contributed by atoms with Gasteiger partial charge in [0.25, 0.3) is 11.4 Å². The number of alkyl halides is 12. The smallest absolute Gasteiger partial charge is 0.450 e. The predicted molar refractivity (Wildman–Crippen MR) is 108 cm³/mol. The van der Waals surface area contributed by atoms with E-state index in [-0.39, 0.29) is 37.8 Å². The molecule has 1 aromatic carbocycles. The molecule has 1 aliphatic rings. The van der Waals surface area contributed by atoms with E-state index in [1.807, 2.05) is 0 Å². The third kappa shape index (κ3) is 5.53.